The van der Waals surface area contributed by atoms with Gasteiger partial charge >= 0.3 is 0 Å². The molecule has 0 saturated heterocycles. The molecule has 0 aliphatic carbocycles. The van der Waals surface area contributed by atoms with E-state index in [0.717, 1.165) is 17.7 Å². The Morgan fingerprint density at radius 1 is 1.00 bits per heavy atom. The van der Waals surface area contributed by atoms with E-state index in [1.165, 1.54) is 6.07 Å². The van der Waals surface area contributed by atoms with E-state index < -0.39 is 0 Å². The largest absolute Gasteiger partial charge is 0.397 e. The van der Waals surface area contributed by atoms with Crippen LogP contribution in [-0.4, -0.2) is 6.54 Å². The van der Waals surface area contributed by atoms with Crippen LogP contribution in [0.1, 0.15) is 5.56 Å². The van der Waals surface area contributed by atoms with Gasteiger partial charge in [0.05, 0.1) is 11.4 Å². The van der Waals surface area contributed by atoms with Crippen LogP contribution in [0.4, 0.5) is 21.5 Å². The monoisotopic (exact) mass is 245 g/mol. The number of anilines is 3. The molecule has 0 radical (unpaired) electrons. The van der Waals surface area contributed by atoms with E-state index in [1.807, 2.05) is 12.1 Å². The van der Waals surface area contributed by atoms with Crippen LogP contribution < -0.4 is 16.8 Å². The Labute approximate surface area is 106 Å². The van der Waals surface area contributed by atoms with Gasteiger partial charge in [0, 0.05) is 12.2 Å². The summed E-state index contributed by atoms with van der Waals surface area (Å²) in [6.07, 6.45) is 0.752. The quantitative estimate of drug-likeness (QED) is 0.725. The molecular weight excluding hydrogens is 229 g/mol. The highest BCUT2D eigenvalue weighted by molar-refractivity contribution is 5.69. The first-order chi connectivity index (χ1) is 8.65. The fraction of sp³-hybridized carbons (Fsp3) is 0.143. The van der Waals surface area contributed by atoms with Crippen LogP contribution >= 0.6 is 0 Å². The van der Waals surface area contributed by atoms with E-state index >= 15 is 0 Å². The van der Waals surface area contributed by atoms with E-state index in [4.69, 9.17) is 11.5 Å². The SMILES string of the molecule is Nc1ccc(NCCc2cccc(F)c2)cc1N. The molecule has 0 heterocycles. The molecule has 2 aromatic rings. The molecule has 0 spiro atoms. The Morgan fingerprint density at radius 3 is 2.56 bits per heavy atom. The van der Waals surface area contributed by atoms with E-state index in [1.54, 1.807) is 24.3 Å². The average Bonchev–Trinajstić information content (AvgIpc) is 2.34. The first-order valence-electron chi connectivity index (χ1n) is 5.78. The summed E-state index contributed by atoms with van der Waals surface area (Å²) in [5.74, 6) is -0.204. The van der Waals surface area contributed by atoms with E-state index in [9.17, 15) is 4.39 Å². The van der Waals surface area contributed by atoms with Gasteiger partial charge in [0.15, 0.2) is 0 Å². The predicted octanol–water partition coefficient (Wildman–Crippen LogP) is 2.64. The maximum absolute atomic E-state index is 13.0. The molecule has 94 valence electrons. The van der Waals surface area contributed by atoms with Crippen molar-refractivity contribution in [3.63, 3.8) is 0 Å². The topological polar surface area (TPSA) is 64.1 Å². The highest BCUT2D eigenvalue weighted by Gasteiger charge is 1.98. The molecule has 0 unspecified atom stereocenters. The molecule has 0 aliphatic rings. The van der Waals surface area contributed by atoms with E-state index in [-0.39, 0.29) is 5.82 Å². The van der Waals surface area contributed by atoms with Crippen molar-refractivity contribution in [2.24, 2.45) is 0 Å². The van der Waals surface area contributed by atoms with Crippen molar-refractivity contribution in [3.8, 4) is 0 Å². The second-order valence-electron chi connectivity index (χ2n) is 4.15. The Hall–Kier alpha value is -2.23. The third kappa shape index (κ3) is 3.13. The van der Waals surface area contributed by atoms with E-state index in [2.05, 4.69) is 5.32 Å². The minimum atomic E-state index is -0.204. The van der Waals surface area contributed by atoms with Gasteiger partial charge in [-0.1, -0.05) is 12.1 Å². The lowest BCUT2D eigenvalue weighted by molar-refractivity contribution is 0.625. The highest BCUT2D eigenvalue weighted by Crippen LogP contribution is 2.19. The second kappa shape index (κ2) is 5.40. The van der Waals surface area contributed by atoms with Crippen molar-refractivity contribution in [1.29, 1.82) is 0 Å². The molecule has 0 saturated carbocycles. The van der Waals surface area contributed by atoms with Crippen LogP contribution in [0.2, 0.25) is 0 Å². The number of hydrogen-bond acceptors (Lipinski definition) is 3. The maximum atomic E-state index is 13.0. The summed E-state index contributed by atoms with van der Waals surface area (Å²) in [5, 5.41) is 3.22. The zero-order valence-electron chi connectivity index (χ0n) is 9.99. The van der Waals surface area contributed by atoms with Crippen molar-refractivity contribution in [3.05, 3.63) is 53.8 Å². The Balaban J connectivity index is 1.90. The minimum Gasteiger partial charge on any atom is -0.397 e. The molecule has 0 fully saturated rings. The predicted molar refractivity (Wildman–Crippen MR) is 73.9 cm³/mol. The van der Waals surface area contributed by atoms with Crippen LogP contribution in [0.5, 0.6) is 0 Å². The smallest absolute Gasteiger partial charge is 0.123 e. The molecule has 2 aromatic carbocycles. The van der Waals surface area contributed by atoms with Crippen LogP contribution in [0.3, 0.4) is 0 Å². The van der Waals surface area contributed by atoms with Crippen molar-refractivity contribution >= 4 is 17.1 Å². The number of halogens is 1. The molecule has 4 heteroatoms. The van der Waals surface area contributed by atoms with Gasteiger partial charge in [-0.05, 0) is 42.3 Å². The summed E-state index contributed by atoms with van der Waals surface area (Å²) in [4.78, 5) is 0. The molecule has 0 amide bonds. The molecule has 0 aromatic heterocycles. The standard InChI is InChI=1S/C14H16FN3/c15-11-3-1-2-10(8-11)6-7-18-12-4-5-13(16)14(17)9-12/h1-5,8-9,18H,6-7,16-17H2. The molecule has 5 N–H and O–H groups in total. The van der Waals surface area contributed by atoms with Crippen LogP contribution in [-0.2, 0) is 6.42 Å². The zero-order chi connectivity index (χ0) is 13.0. The molecule has 0 atom stereocenters. The fourth-order valence-electron chi connectivity index (χ4n) is 1.73. The molecule has 2 rings (SSSR count). The Kier molecular flexibility index (Phi) is 3.67. The fourth-order valence-corrected chi connectivity index (χ4v) is 1.73. The summed E-state index contributed by atoms with van der Waals surface area (Å²) < 4.78 is 13.0. The van der Waals surface area contributed by atoms with Gasteiger partial charge in [-0.25, -0.2) is 4.39 Å². The first-order valence-corrected chi connectivity index (χ1v) is 5.78. The molecular formula is C14H16FN3. The first kappa shape index (κ1) is 12.2. The summed E-state index contributed by atoms with van der Waals surface area (Å²) >= 11 is 0. The van der Waals surface area contributed by atoms with Gasteiger partial charge in [0.1, 0.15) is 5.82 Å². The van der Waals surface area contributed by atoms with Crippen LogP contribution in [0.25, 0.3) is 0 Å². The van der Waals surface area contributed by atoms with E-state index in [0.29, 0.717) is 17.9 Å². The minimum absolute atomic E-state index is 0.204. The van der Waals surface area contributed by atoms with Gasteiger partial charge < -0.3 is 16.8 Å². The van der Waals surface area contributed by atoms with Crippen LogP contribution in [0.15, 0.2) is 42.5 Å². The van der Waals surface area contributed by atoms with Crippen molar-refractivity contribution in [2.45, 2.75) is 6.42 Å². The number of nitrogen functional groups attached to an aromatic ring is 2. The third-order valence-corrected chi connectivity index (χ3v) is 2.72. The molecule has 0 aliphatic heterocycles. The zero-order valence-corrected chi connectivity index (χ0v) is 9.99. The van der Waals surface area contributed by atoms with Gasteiger partial charge in [-0.2, -0.15) is 0 Å². The molecule has 0 bridgehead atoms. The lowest BCUT2D eigenvalue weighted by atomic mass is 10.1. The normalized spacial score (nSPS) is 10.3. The Bertz CT molecular complexity index is 540. The lowest BCUT2D eigenvalue weighted by Gasteiger charge is -2.08. The summed E-state index contributed by atoms with van der Waals surface area (Å²) in [5.41, 5.74) is 14.4. The maximum Gasteiger partial charge on any atom is 0.123 e. The second-order valence-corrected chi connectivity index (χ2v) is 4.15. The number of rotatable bonds is 4. The van der Waals surface area contributed by atoms with Gasteiger partial charge in [-0.15, -0.1) is 0 Å². The average molecular weight is 245 g/mol. The number of hydrogen-bond donors (Lipinski definition) is 3. The van der Waals surface area contributed by atoms with Gasteiger partial charge in [-0.3, -0.25) is 0 Å². The Morgan fingerprint density at radius 2 is 1.83 bits per heavy atom. The van der Waals surface area contributed by atoms with Crippen LogP contribution in [0, 0.1) is 5.82 Å². The molecule has 18 heavy (non-hydrogen) atoms. The van der Waals surface area contributed by atoms with Crippen molar-refractivity contribution < 1.29 is 4.39 Å². The van der Waals surface area contributed by atoms with Crippen molar-refractivity contribution in [1.82, 2.24) is 0 Å². The molecule has 3 nitrogen and oxygen atoms in total. The van der Waals surface area contributed by atoms with Crippen molar-refractivity contribution in [2.75, 3.05) is 23.3 Å². The highest BCUT2D eigenvalue weighted by atomic mass is 19.1. The third-order valence-electron chi connectivity index (χ3n) is 2.72. The summed E-state index contributed by atoms with van der Waals surface area (Å²) in [6, 6.07) is 12.0. The van der Waals surface area contributed by atoms with Gasteiger partial charge in [0.25, 0.3) is 0 Å². The summed E-state index contributed by atoms with van der Waals surface area (Å²) in [7, 11) is 0. The summed E-state index contributed by atoms with van der Waals surface area (Å²) in [6.45, 7) is 0.715. The number of nitrogens with two attached hydrogens (primary N) is 2. The van der Waals surface area contributed by atoms with Gasteiger partial charge in [0.2, 0.25) is 0 Å². The lowest BCUT2D eigenvalue weighted by Crippen LogP contribution is -2.06. The number of nitrogens with one attached hydrogen (secondary N) is 1. The number of benzene rings is 2.